The fourth-order valence-electron chi connectivity index (χ4n) is 2.72. The molecule has 0 bridgehead atoms. The maximum atomic E-state index is 11.4. The van der Waals surface area contributed by atoms with Gasteiger partial charge < -0.3 is 10.3 Å². The number of hydrogen-bond donors (Lipinski definition) is 1. The van der Waals surface area contributed by atoms with E-state index < -0.39 is 10.0 Å². The Hall–Kier alpha value is -0.920. The monoisotopic (exact) mass is 242 g/mol. The Labute approximate surface area is 94.1 Å². The highest BCUT2D eigenvalue weighted by Gasteiger charge is 2.53. The molecule has 3 heterocycles. The Morgan fingerprint density at radius 3 is 2.88 bits per heavy atom. The van der Waals surface area contributed by atoms with Crippen molar-refractivity contribution in [1.29, 1.82) is 0 Å². The van der Waals surface area contributed by atoms with Gasteiger partial charge in [0.05, 0.1) is 17.8 Å². The lowest BCUT2D eigenvalue weighted by atomic mass is 9.88. The van der Waals surface area contributed by atoms with Gasteiger partial charge in [-0.2, -0.15) is 4.31 Å². The molecule has 7 heteroatoms. The van der Waals surface area contributed by atoms with Crippen LogP contribution in [0.2, 0.25) is 0 Å². The third-order valence-corrected chi connectivity index (χ3v) is 4.72. The summed E-state index contributed by atoms with van der Waals surface area (Å²) in [5, 5.41) is 0. The van der Waals surface area contributed by atoms with Gasteiger partial charge in [-0.25, -0.2) is 13.4 Å². The lowest BCUT2D eigenvalue weighted by molar-refractivity contribution is 0.0860. The Morgan fingerprint density at radius 1 is 1.56 bits per heavy atom. The van der Waals surface area contributed by atoms with E-state index in [-0.39, 0.29) is 11.6 Å². The van der Waals surface area contributed by atoms with Crippen LogP contribution in [-0.2, 0) is 15.6 Å². The van der Waals surface area contributed by atoms with Crippen molar-refractivity contribution in [2.75, 3.05) is 19.3 Å². The molecule has 1 spiro atoms. The van der Waals surface area contributed by atoms with Gasteiger partial charge in [0.1, 0.15) is 5.82 Å². The van der Waals surface area contributed by atoms with Gasteiger partial charge >= 0.3 is 0 Å². The summed E-state index contributed by atoms with van der Waals surface area (Å²) in [6.07, 6.45) is 5.63. The van der Waals surface area contributed by atoms with Crippen molar-refractivity contribution < 1.29 is 8.42 Å². The number of rotatable bonds is 1. The second kappa shape index (κ2) is 2.85. The fraction of sp³-hybridized carbons (Fsp3) is 0.667. The van der Waals surface area contributed by atoms with Gasteiger partial charge in [0.15, 0.2) is 0 Å². The van der Waals surface area contributed by atoms with Crippen molar-refractivity contribution in [2.24, 2.45) is 5.73 Å². The molecule has 2 aliphatic rings. The van der Waals surface area contributed by atoms with Gasteiger partial charge in [0.2, 0.25) is 10.0 Å². The first-order valence-electron chi connectivity index (χ1n) is 5.17. The van der Waals surface area contributed by atoms with Gasteiger partial charge in [-0.15, -0.1) is 0 Å². The van der Waals surface area contributed by atoms with Gasteiger partial charge in [-0.05, 0) is 6.42 Å². The summed E-state index contributed by atoms with van der Waals surface area (Å²) in [6.45, 7) is 1.03. The average molecular weight is 242 g/mol. The zero-order valence-corrected chi connectivity index (χ0v) is 9.81. The van der Waals surface area contributed by atoms with Crippen molar-refractivity contribution >= 4 is 10.0 Å². The third-order valence-electron chi connectivity index (χ3n) is 3.52. The SMILES string of the molecule is CS(=O)(=O)N1CC2(CC(N)c3nccn32)C1. The molecule has 1 aromatic heterocycles. The van der Waals surface area contributed by atoms with Crippen molar-refractivity contribution in [3.63, 3.8) is 0 Å². The fourth-order valence-corrected chi connectivity index (χ4v) is 3.67. The number of hydrogen-bond acceptors (Lipinski definition) is 4. The maximum Gasteiger partial charge on any atom is 0.211 e. The molecule has 6 nitrogen and oxygen atoms in total. The largest absolute Gasteiger partial charge is 0.325 e. The first-order chi connectivity index (χ1) is 7.42. The number of sulfonamides is 1. The Bertz CT molecular complexity index is 529. The molecule has 3 rings (SSSR count). The first kappa shape index (κ1) is 10.2. The normalized spacial score (nSPS) is 28.0. The van der Waals surface area contributed by atoms with Crippen LogP contribution in [0.3, 0.4) is 0 Å². The van der Waals surface area contributed by atoms with Crippen LogP contribution in [0.1, 0.15) is 18.3 Å². The minimum atomic E-state index is -3.07. The molecular weight excluding hydrogens is 228 g/mol. The van der Waals surface area contributed by atoms with Crippen LogP contribution in [0.15, 0.2) is 12.4 Å². The van der Waals surface area contributed by atoms with E-state index in [1.807, 2.05) is 10.8 Å². The van der Waals surface area contributed by atoms with Crippen LogP contribution >= 0.6 is 0 Å². The molecule has 0 amide bonds. The molecule has 0 aromatic carbocycles. The molecule has 2 N–H and O–H groups in total. The van der Waals surface area contributed by atoms with E-state index in [1.165, 1.54) is 10.6 Å². The molecule has 1 aromatic rings. The Kier molecular flexibility index (Phi) is 1.82. The predicted molar refractivity (Wildman–Crippen MR) is 58.2 cm³/mol. The van der Waals surface area contributed by atoms with Crippen LogP contribution < -0.4 is 5.73 Å². The highest BCUT2D eigenvalue weighted by molar-refractivity contribution is 7.88. The minimum Gasteiger partial charge on any atom is -0.325 e. The molecule has 1 atom stereocenters. The second-order valence-corrected chi connectivity index (χ2v) is 6.70. The number of nitrogens with zero attached hydrogens (tertiary/aromatic N) is 3. The van der Waals surface area contributed by atoms with Crippen molar-refractivity contribution in [2.45, 2.75) is 18.0 Å². The van der Waals surface area contributed by atoms with E-state index >= 15 is 0 Å². The van der Waals surface area contributed by atoms with Gasteiger partial charge in [0.25, 0.3) is 0 Å². The van der Waals surface area contributed by atoms with Crippen molar-refractivity contribution in [3.8, 4) is 0 Å². The predicted octanol–water partition coefficient (Wildman–Crippen LogP) is -0.743. The average Bonchev–Trinajstić information content (AvgIpc) is 2.62. The van der Waals surface area contributed by atoms with Crippen LogP contribution in [0.4, 0.5) is 0 Å². The van der Waals surface area contributed by atoms with Crippen LogP contribution in [-0.4, -0.2) is 41.6 Å². The quantitative estimate of drug-likeness (QED) is 0.703. The summed E-state index contributed by atoms with van der Waals surface area (Å²) in [7, 11) is -3.07. The number of aromatic nitrogens is 2. The molecular formula is C9H14N4O2S. The summed E-state index contributed by atoms with van der Waals surface area (Å²) < 4.78 is 26.2. The summed E-state index contributed by atoms with van der Waals surface area (Å²) in [4.78, 5) is 4.21. The lowest BCUT2D eigenvalue weighted by Gasteiger charge is -2.47. The van der Waals surface area contributed by atoms with Gasteiger partial charge in [0, 0.05) is 25.5 Å². The Morgan fingerprint density at radius 2 is 2.25 bits per heavy atom. The molecule has 0 radical (unpaired) electrons. The summed E-state index contributed by atoms with van der Waals surface area (Å²) in [5.74, 6) is 0.869. The smallest absolute Gasteiger partial charge is 0.211 e. The van der Waals surface area contributed by atoms with Gasteiger partial charge in [-0.3, -0.25) is 0 Å². The molecule has 0 aliphatic carbocycles. The summed E-state index contributed by atoms with van der Waals surface area (Å²) in [5.41, 5.74) is 5.83. The van der Waals surface area contributed by atoms with Gasteiger partial charge in [-0.1, -0.05) is 0 Å². The third kappa shape index (κ3) is 1.19. The van der Waals surface area contributed by atoms with E-state index in [2.05, 4.69) is 4.98 Å². The van der Waals surface area contributed by atoms with E-state index in [0.717, 1.165) is 12.2 Å². The highest BCUT2D eigenvalue weighted by atomic mass is 32.2. The van der Waals surface area contributed by atoms with Crippen LogP contribution in [0, 0.1) is 0 Å². The summed E-state index contributed by atoms with van der Waals surface area (Å²) in [6, 6.07) is -0.0725. The van der Waals surface area contributed by atoms with Crippen LogP contribution in [0.5, 0.6) is 0 Å². The van der Waals surface area contributed by atoms with Crippen molar-refractivity contribution in [3.05, 3.63) is 18.2 Å². The highest BCUT2D eigenvalue weighted by Crippen LogP contribution is 2.43. The molecule has 88 valence electrons. The summed E-state index contributed by atoms with van der Waals surface area (Å²) >= 11 is 0. The molecule has 1 saturated heterocycles. The zero-order valence-electron chi connectivity index (χ0n) is 9.00. The number of nitrogens with two attached hydrogens (primary N) is 1. The second-order valence-electron chi connectivity index (χ2n) is 4.72. The molecule has 1 fully saturated rings. The standard InChI is InChI=1S/C9H14N4O2S/c1-16(14,15)12-5-9(6-12)4-7(10)8-11-2-3-13(8)9/h2-3,7H,4-6,10H2,1H3. The lowest BCUT2D eigenvalue weighted by Crippen LogP contribution is -2.62. The first-order valence-corrected chi connectivity index (χ1v) is 7.02. The van der Waals surface area contributed by atoms with Crippen molar-refractivity contribution in [1.82, 2.24) is 13.9 Å². The molecule has 2 aliphatic heterocycles. The van der Waals surface area contributed by atoms with E-state index in [0.29, 0.717) is 13.1 Å². The minimum absolute atomic E-state index is 0.0725. The Balaban J connectivity index is 1.91. The van der Waals surface area contributed by atoms with E-state index in [1.54, 1.807) is 6.20 Å². The zero-order chi connectivity index (χ0) is 11.6. The van der Waals surface area contributed by atoms with E-state index in [4.69, 9.17) is 5.73 Å². The molecule has 1 unspecified atom stereocenters. The number of fused-ring (bicyclic) bond motifs is 2. The topological polar surface area (TPSA) is 81.2 Å². The molecule has 16 heavy (non-hydrogen) atoms. The van der Waals surface area contributed by atoms with E-state index in [9.17, 15) is 8.42 Å². The number of imidazole rings is 1. The van der Waals surface area contributed by atoms with Crippen LogP contribution in [0.25, 0.3) is 0 Å². The maximum absolute atomic E-state index is 11.4. The molecule has 0 saturated carbocycles.